The second-order valence-corrected chi connectivity index (χ2v) is 6.93. The van der Waals surface area contributed by atoms with E-state index in [1.807, 2.05) is 0 Å². The van der Waals surface area contributed by atoms with Gasteiger partial charge in [0.2, 0.25) is 23.6 Å². The minimum Gasteiger partial charge on any atom is -0.480 e. The van der Waals surface area contributed by atoms with Gasteiger partial charge in [0.05, 0.1) is 19.4 Å². The molecule has 2 saturated heterocycles. The maximum absolute atomic E-state index is 12.3. The van der Waals surface area contributed by atoms with E-state index in [0.717, 1.165) is 0 Å². The topological polar surface area (TPSA) is 84.9 Å². The van der Waals surface area contributed by atoms with Crippen molar-refractivity contribution in [2.24, 2.45) is 0 Å². The van der Waals surface area contributed by atoms with E-state index in [0.29, 0.717) is 41.3 Å². The van der Waals surface area contributed by atoms with Crippen molar-refractivity contribution >= 4 is 40.1 Å². The number of carbonyl (C=O) groups excluding carboxylic acids is 2. The van der Waals surface area contributed by atoms with Crippen LogP contribution in [0.5, 0.6) is 11.8 Å². The predicted molar refractivity (Wildman–Crippen MR) is 91.0 cm³/mol. The number of thioether (sulfide) groups is 1. The molecule has 0 spiro atoms. The Kier molecular flexibility index (Phi) is 5.14. The molecule has 2 fully saturated rings. The molecule has 0 radical (unpaired) electrons. The van der Waals surface area contributed by atoms with Crippen LogP contribution in [-0.2, 0) is 9.59 Å². The zero-order chi connectivity index (χ0) is 17.1. The summed E-state index contributed by atoms with van der Waals surface area (Å²) in [5.41, 5.74) is 0. The molecule has 1 aromatic heterocycles. The standard InChI is InChI=1S/C14H16N4O4S2/c1-21-10-2-3-11(16-15-10)22-9-4-5-17(6-9)12(19)7-18-13(20)8-24-14(18)23/h2-3,9H,4-8H2,1H3. The summed E-state index contributed by atoms with van der Waals surface area (Å²) in [6.45, 7) is 1.03. The molecule has 1 unspecified atom stereocenters. The predicted octanol–water partition coefficient (Wildman–Crippen LogP) is 0.325. The van der Waals surface area contributed by atoms with Crippen molar-refractivity contribution in [3.05, 3.63) is 12.1 Å². The van der Waals surface area contributed by atoms with Crippen LogP contribution in [0.15, 0.2) is 12.1 Å². The summed E-state index contributed by atoms with van der Waals surface area (Å²) in [7, 11) is 1.51. The summed E-state index contributed by atoms with van der Waals surface area (Å²) in [5.74, 6) is 0.879. The van der Waals surface area contributed by atoms with Gasteiger partial charge in [-0.05, 0) is 0 Å². The van der Waals surface area contributed by atoms with Crippen LogP contribution in [0, 0.1) is 0 Å². The van der Waals surface area contributed by atoms with E-state index in [-0.39, 0.29) is 24.5 Å². The fourth-order valence-electron chi connectivity index (χ4n) is 2.47. The van der Waals surface area contributed by atoms with Gasteiger partial charge in [0, 0.05) is 25.1 Å². The number of carbonyl (C=O) groups is 2. The van der Waals surface area contributed by atoms with Gasteiger partial charge >= 0.3 is 0 Å². The molecular weight excluding hydrogens is 352 g/mol. The first-order valence-electron chi connectivity index (χ1n) is 7.36. The van der Waals surface area contributed by atoms with Crippen LogP contribution in [0.3, 0.4) is 0 Å². The molecular formula is C14H16N4O4S2. The molecule has 8 nitrogen and oxygen atoms in total. The Labute approximate surface area is 148 Å². The molecule has 10 heteroatoms. The Bertz CT molecular complexity index is 639. The third kappa shape index (κ3) is 3.75. The summed E-state index contributed by atoms with van der Waals surface area (Å²) in [4.78, 5) is 27.1. The number of hydrogen-bond acceptors (Lipinski definition) is 8. The molecule has 3 rings (SSSR count). The average molecular weight is 368 g/mol. The Balaban J connectivity index is 1.51. The van der Waals surface area contributed by atoms with E-state index < -0.39 is 0 Å². The van der Waals surface area contributed by atoms with Crippen molar-refractivity contribution in [2.45, 2.75) is 12.5 Å². The normalized spacial score (nSPS) is 20.6. The summed E-state index contributed by atoms with van der Waals surface area (Å²) < 4.78 is 11.1. The Hall–Kier alpha value is -1.94. The molecule has 2 aliphatic rings. The Morgan fingerprint density at radius 1 is 1.42 bits per heavy atom. The second-order valence-electron chi connectivity index (χ2n) is 5.32. The van der Waals surface area contributed by atoms with Crippen molar-refractivity contribution in [1.82, 2.24) is 20.0 Å². The maximum atomic E-state index is 12.3. The highest BCUT2D eigenvalue weighted by Gasteiger charge is 2.33. The highest BCUT2D eigenvalue weighted by atomic mass is 32.2. The number of hydrogen-bond donors (Lipinski definition) is 0. The minimum atomic E-state index is -0.146. The van der Waals surface area contributed by atoms with Crippen LogP contribution in [0.2, 0.25) is 0 Å². The van der Waals surface area contributed by atoms with Gasteiger partial charge in [-0.2, -0.15) is 0 Å². The first-order valence-corrected chi connectivity index (χ1v) is 8.75. The van der Waals surface area contributed by atoms with Gasteiger partial charge in [0.25, 0.3) is 0 Å². The van der Waals surface area contributed by atoms with Gasteiger partial charge in [-0.3, -0.25) is 14.5 Å². The van der Waals surface area contributed by atoms with Gasteiger partial charge < -0.3 is 14.4 Å². The smallest absolute Gasteiger partial charge is 0.242 e. The second kappa shape index (κ2) is 7.31. The first-order chi connectivity index (χ1) is 11.6. The number of methoxy groups -OCH3 is 1. The van der Waals surface area contributed by atoms with Crippen LogP contribution in [0.1, 0.15) is 6.42 Å². The third-order valence-corrected chi connectivity index (χ3v) is 5.18. The van der Waals surface area contributed by atoms with E-state index in [9.17, 15) is 9.59 Å². The molecule has 0 aromatic carbocycles. The molecule has 2 amide bonds. The molecule has 24 heavy (non-hydrogen) atoms. The molecule has 0 N–H and O–H groups in total. The molecule has 128 valence electrons. The van der Waals surface area contributed by atoms with Crippen LogP contribution >= 0.6 is 24.0 Å². The van der Waals surface area contributed by atoms with Crippen LogP contribution in [-0.4, -0.2) is 74.7 Å². The molecule has 1 atom stereocenters. The van der Waals surface area contributed by atoms with Crippen molar-refractivity contribution in [2.75, 3.05) is 32.5 Å². The first kappa shape index (κ1) is 16.9. The molecule has 0 saturated carbocycles. The van der Waals surface area contributed by atoms with E-state index in [4.69, 9.17) is 21.7 Å². The number of thiocarbonyl (C=S) groups is 1. The fraction of sp³-hybridized carbons (Fsp3) is 0.500. The van der Waals surface area contributed by atoms with Crippen molar-refractivity contribution < 1.29 is 19.1 Å². The molecule has 0 bridgehead atoms. The molecule has 0 aliphatic carbocycles. The zero-order valence-electron chi connectivity index (χ0n) is 13.0. The monoisotopic (exact) mass is 368 g/mol. The fourth-order valence-corrected chi connectivity index (χ4v) is 3.54. The van der Waals surface area contributed by atoms with Gasteiger partial charge in [-0.25, -0.2) is 0 Å². The van der Waals surface area contributed by atoms with Crippen LogP contribution in [0.4, 0.5) is 0 Å². The van der Waals surface area contributed by atoms with E-state index >= 15 is 0 Å². The van der Waals surface area contributed by atoms with E-state index in [1.54, 1.807) is 17.0 Å². The maximum Gasteiger partial charge on any atom is 0.242 e. The lowest BCUT2D eigenvalue weighted by atomic mass is 10.3. The molecule has 1 aromatic rings. The molecule has 3 heterocycles. The number of rotatable bonds is 5. The van der Waals surface area contributed by atoms with Crippen molar-refractivity contribution in [1.29, 1.82) is 0 Å². The average Bonchev–Trinajstić information content (AvgIpc) is 3.17. The number of aromatic nitrogens is 2. The summed E-state index contributed by atoms with van der Waals surface area (Å²) in [5, 5.41) is 7.75. The Morgan fingerprint density at radius 3 is 2.79 bits per heavy atom. The van der Waals surface area contributed by atoms with Crippen molar-refractivity contribution in [3.63, 3.8) is 0 Å². The lowest BCUT2D eigenvalue weighted by Crippen LogP contribution is -2.41. The van der Waals surface area contributed by atoms with Gasteiger partial charge in [-0.1, -0.05) is 24.0 Å². The van der Waals surface area contributed by atoms with Gasteiger partial charge in [-0.15, -0.1) is 10.2 Å². The highest BCUT2D eigenvalue weighted by Crippen LogP contribution is 2.21. The minimum absolute atomic E-state index is 0.000270. The lowest BCUT2D eigenvalue weighted by molar-refractivity contribution is -0.135. The van der Waals surface area contributed by atoms with E-state index in [1.165, 1.54) is 23.8 Å². The SMILES string of the molecule is COc1ccc(OC2CCN(C(=O)CN3C(=O)CSC3=S)C2)nn1. The quantitative estimate of drug-likeness (QED) is 0.687. The highest BCUT2D eigenvalue weighted by molar-refractivity contribution is 8.23. The number of ether oxygens (including phenoxy) is 2. The molecule has 2 aliphatic heterocycles. The Morgan fingerprint density at radius 2 is 2.17 bits per heavy atom. The lowest BCUT2D eigenvalue weighted by Gasteiger charge is -2.20. The summed E-state index contributed by atoms with van der Waals surface area (Å²) >= 11 is 6.38. The van der Waals surface area contributed by atoms with Crippen LogP contribution in [0.25, 0.3) is 0 Å². The number of nitrogens with zero attached hydrogens (tertiary/aromatic N) is 4. The van der Waals surface area contributed by atoms with Crippen molar-refractivity contribution in [3.8, 4) is 11.8 Å². The van der Waals surface area contributed by atoms with E-state index in [2.05, 4.69) is 10.2 Å². The summed E-state index contributed by atoms with van der Waals surface area (Å²) in [6, 6.07) is 3.34. The number of likely N-dealkylation sites (tertiary alicyclic amines) is 1. The van der Waals surface area contributed by atoms with Gasteiger partial charge in [0.1, 0.15) is 17.0 Å². The largest absolute Gasteiger partial charge is 0.480 e. The summed E-state index contributed by atoms with van der Waals surface area (Å²) in [6.07, 6.45) is 0.555. The zero-order valence-corrected chi connectivity index (χ0v) is 14.6. The third-order valence-electron chi connectivity index (χ3n) is 3.74. The van der Waals surface area contributed by atoms with Gasteiger partial charge in [0.15, 0.2) is 0 Å². The number of amides is 2. The van der Waals surface area contributed by atoms with Crippen LogP contribution < -0.4 is 9.47 Å².